The van der Waals surface area contributed by atoms with E-state index >= 15 is 0 Å². The standard InChI is InChI=1S/C138H192O6/c1-7-13-19-25-31-37-43-49-52-55-58-61-64-67-70-76-82-88-94-100-106-118-142-136-124-130-112-109-128-122-134(140-116-104-98-92-86-80-74-47-41-35-29-23-17-11-5)138(144-120-108-102-96-90-84-78-72-69-66-63-60-57-54-51-45-39-33-27-21-15-9-3)126-132(128)114-111-129-123-135(141-117-105-99-93-87-81-75-48-42-36-30-24-18-12-6)137(143-119-107-101-95-89-83-77-71-68-65-62-59-56-53-50-44-38-32-26-20-14-8-2)125-131(129)113-110-127(130)121-133(136)139-115-103-97-91-85-79-73-46-40-34-28-22-16-10-4/h4-6,121-126H,7-9,13-15,19-21,25-51,64-108,115-120H2,1-3H3. The Morgan fingerprint density at radius 2 is 0.264 bits per heavy atom. The van der Waals surface area contributed by atoms with Gasteiger partial charge in [0.2, 0.25) is 0 Å². The first kappa shape index (κ1) is 126. The second kappa shape index (κ2) is 100. The number of rotatable bonds is 90. The highest BCUT2D eigenvalue weighted by atomic mass is 16.5. The molecule has 0 saturated heterocycles. The molecule has 0 radical (unpaired) electrons. The molecule has 0 amide bonds. The first-order chi connectivity index (χ1) is 71.5. The van der Waals surface area contributed by atoms with E-state index in [0.29, 0.717) is 74.1 Å². The van der Waals surface area contributed by atoms with Gasteiger partial charge >= 0.3 is 0 Å². The lowest BCUT2D eigenvalue weighted by molar-refractivity contribution is 0.258. The summed E-state index contributed by atoms with van der Waals surface area (Å²) in [6, 6.07) is 12.5. The molecule has 0 aliphatic heterocycles. The van der Waals surface area contributed by atoms with Crippen molar-refractivity contribution in [1.82, 2.24) is 0 Å². The van der Waals surface area contributed by atoms with Crippen LogP contribution >= 0.6 is 0 Å². The van der Waals surface area contributed by atoms with Crippen LogP contribution < -0.4 is 28.4 Å². The Morgan fingerprint density at radius 1 is 0.153 bits per heavy atom. The molecule has 0 heterocycles. The molecule has 144 heavy (non-hydrogen) atoms. The highest BCUT2D eigenvalue weighted by Crippen LogP contribution is 2.37. The molecule has 0 aromatic heterocycles. The molecule has 0 N–H and O–H groups in total. The summed E-state index contributed by atoms with van der Waals surface area (Å²) in [4.78, 5) is 0. The summed E-state index contributed by atoms with van der Waals surface area (Å²) in [5.41, 5.74) is 4.49. The van der Waals surface area contributed by atoms with E-state index in [-0.39, 0.29) is 0 Å². The Hall–Kier alpha value is -10.1. The van der Waals surface area contributed by atoms with Crippen LogP contribution in [0.1, 0.15) is 574 Å². The first-order valence-electron chi connectivity index (χ1n) is 59.1. The van der Waals surface area contributed by atoms with E-state index < -0.39 is 0 Å². The van der Waals surface area contributed by atoms with Crippen molar-refractivity contribution in [2.75, 3.05) is 39.6 Å². The average molecular weight is 1950 g/mol. The average Bonchev–Trinajstić information content (AvgIpc) is 0.794. The summed E-state index contributed by atoms with van der Waals surface area (Å²) in [5, 5.41) is 0. The molecule has 3 aromatic carbocycles. The molecule has 0 unspecified atom stereocenters. The number of hydrogen-bond acceptors (Lipinski definition) is 6. The van der Waals surface area contributed by atoms with Crippen molar-refractivity contribution in [3.63, 3.8) is 0 Å². The third-order valence-electron chi connectivity index (χ3n) is 26.6. The number of benzene rings is 3. The number of terminal acetylenes is 3. The molecule has 1 aliphatic carbocycles. The number of hydrogen-bond donors (Lipinski definition) is 0. The maximum absolute atomic E-state index is 6.92. The predicted molar refractivity (Wildman–Crippen MR) is 618 cm³/mol. The monoisotopic (exact) mass is 1950 g/mol. The van der Waals surface area contributed by atoms with E-state index in [1.54, 1.807) is 0 Å². The maximum atomic E-state index is 6.92. The topological polar surface area (TPSA) is 55.4 Å². The smallest absolute Gasteiger partial charge is 0.162 e. The van der Waals surface area contributed by atoms with Gasteiger partial charge in [-0.05, 0) is 167 Å². The van der Waals surface area contributed by atoms with Crippen LogP contribution in [0.4, 0.5) is 0 Å². The van der Waals surface area contributed by atoms with Gasteiger partial charge in [0, 0.05) is 128 Å². The van der Waals surface area contributed by atoms with E-state index in [9.17, 15) is 0 Å². The van der Waals surface area contributed by atoms with Gasteiger partial charge in [-0.15, -0.1) is 19.3 Å². The molecular weight excluding hydrogens is 1750 g/mol. The Kier molecular flexibility index (Phi) is 87.8. The number of fused-ring (bicyclic) bond motifs is 3. The molecule has 4 rings (SSSR count). The molecule has 3 aromatic rings. The summed E-state index contributed by atoms with van der Waals surface area (Å²) in [6.45, 7) is 10.2. The Morgan fingerprint density at radius 3 is 0.389 bits per heavy atom. The van der Waals surface area contributed by atoms with Gasteiger partial charge in [-0.25, -0.2) is 0 Å². The second-order valence-corrected chi connectivity index (χ2v) is 39.7. The minimum atomic E-state index is 0.562. The van der Waals surface area contributed by atoms with Crippen molar-refractivity contribution in [2.24, 2.45) is 0 Å². The highest BCUT2D eigenvalue weighted by Gasteiger charge is 2.18. The third kappa shape index (κ3) is 75.6. The Labute approximate surface area is 886 Å². The van der Waals surface area contributed by atoms with Crippen LogP contribution in [0.5, 0.6) is 34.5 Å². The first-order valence-corrected chi connectivity index (χ1v) is 59.1. The van der Waals surface area contributed by atoms with Crippen molar-refractivity contribution in [1.29, 1.82) is 0 Å². The van der Waals surface area contributed by atoms with Gasteiger partial charge in [0.25, 0.3) is 0 Å². The summed E-state index contributed by atoms with van der Waals surface area (Å²) in [7, 11) is 0. The zero-order chi connectivity index (χ0) is 102. The number of unbranched alkanes of at least 4 members (excludes halogenated alkanes) is 72. The molecule has 0 fully saturated rings. The van der Waals surface area contributed by atoms with Crippen LogP contribution in [-0.2, 0) is 0 Å². The SMILES string of the molecule is C#CC#CCCCCCCCCCCCOc1cc2c(cc1OCCCCCCCCCCC#CC#CCCCCCCCCC)C#Cc1cc(OCCCCCCCCCCCC#CC#C)c(OCCCCCCCCCCC#CC#CCCCCCCCCC)cc1C#Cc1cc(OCCCCCCCCCCCC#CC#C)c(OCCCCCCCCCCC#CC#CCCCCCCCCC)cc1C#C2. The van der Waals surface area contributed by atoms with Crippen LogP contribution in [-0.4, -0.2) is 39.6 Å². The lowest BCUT2D eigenvalue weighted by atomic mass is 10.0. The van der Waals surface area contributed by atoms with Crippen molar-refractivity contribution in [3.05, 3.63) is 69.8 Å². The van der Waals surface area contributed by atoms with E-state index in [0.717, 1.165) is 207 Å². The van der Waals surface area contributed by atoms with Gasteiger partial charge in [0.15, 0.2) is 34.5 Å². The largest absolute Gasteiger partial charge is 0.490 e. The Balaban J connectivity index is 1.72. The molecule has 0 spiro atoms. The van der Waals surface area contributed by atoms with Crippen LogP contribution in [0.2, 0.25) is 0 Å². The van der Waals surface area contributed by atoms with Crippen LogP contribution in [0.3, 0.4) is 0 Å². The molecule has 6 nitrogen and oxygen atoms in total. The van der Waals surface area contributed by atoms with Gasteiger partial charge in [-0.1, -0.05) is 476 Å². The molecule has 1 aliphatic rings. The van der Waals surface area contributed by atoms with E-state index in [4.69, 9.17) is 47.7 Å². The van der Waals surface area contributed by atoms with Gasteiger partial charge in [0.1, 0.15) is 0 Å². The van der Waals surface area contributed by atoms with Crippen LogP contribution in [0.25, 0.3) is 0 Å². The minimum Gasteiger partial charge on any atom is -0.490 e. The summed E-state index contributed by atoms with van der Waals surface area (Å²) in [6.07, 6.45) is 111. The molecule has 0 saturated carbocycles. The van der Waals surface area contributed by atoms with Crippen LogP contribution in [0.15, 0.2) is 36.4 Å². The zero-order valence-corrected chi connectivity index (χ0v) is 91.7. The maximum Gasteiger partial charge on any atom is 0.162 e. The lowest BCUT2D eigenvalue weighted by Gasteiger charge is -2.16. The van der Waals surface area contributed by atoms with Gasteiger partial charge in [-0.2, -0.15) is 0 Å². The van der Waals surface area contributed by atoms with Crippen LogP contribution in [0, 0.1) is 179 Å². The van der Waals surface area contributed by atoms with E-state index in [2.05, 4.69) is 217 Å². The summed E-state index contributed by atoms with van der Waals surface area (Å²) >= 11 is 0. The van der Waals surface area contributed by atoms with Gasteiger partial charge in [0.05, 0.1) is 39.6 Å². The van der Waals surface area contributed by atoms with Crippen molar-refractivity contribution in [3.8, 4) is 214 Å². The van der Waals surface area contributed by atoms with E-state index in [1.165, 1.54) is 347 Å². The molecule has 0 bridgehead atoms. The van der Waals surface area contributed by atoms with Gasteiger partial charge in [-0.3, -0.25) is 0 Å². The van der Waals surface area contributed by atoms with Gasteiger partial charge < -0.3 is 28.4 Å². The highest BCUT2D eigenvalue weighted by molar-refractivity contribution is 5.68. The van der Waals surface area contributed by atoms with Crippen molar-refractivity contribution in [2.45, 2.75) is 541 Å². The number of ether oxygens (including phenoxy) is 6. The minimum absolute atomic E-state index is 0.562. The fourth-order valence-electron chi connectivity index (χ4n) is 17.8. The Bertz CT molecular complexity index is 4280. The van der Waals surface area contributed by atoms with Crippen molar-refractivity contribution < 1.29 is 28.4 Å². The van der Waals surface area contributed by atoms with E-state index in [1.807, 2.05) is 0 Å². The fourth-order valence-corrected chi connectivity index (χ4v) is 17.8. The van der Waals surface area contributed by atoms with Crippen molar-refractivity contribution >= 4 is 0 Å². The molecule has 780 valence electrons. The second-order valence-electron chi connectivity index (χ2n) is 39.7. The molecule has 6 heteroatoms. The normalized spacial score (nSPS) is 10.4. The molecular formula is C138H192O6. The quantitative estimate of drug-likeness (QED) is 0.0324. The lowest BCUT2D eigenvalue weighted by Crippen LogP contribution is -2.05. The fraction of sp³-hybridized carbons (Fsp3) is 0.652. The summed E-state index contributed by atoms with van der Waals surface area (Å²) < 4.78 is 41.5. The predicted octanol–water partition coefficient (Wildman–Crippen LogP) is 37.1. The zero-order valence-electron chi connectivity index (χ0n) is 91.7. The third-order valence-corrected chi connectivity index (χ3v) is 26.6. The summed E-state index contributed by atoms with van der Waals surface area (Å²) in [5.74, 6) is 89.5. The molecule has 0 atom stereocenters.